The Kier molecular flexibility index (Phi) is 5.30. The molecule has 2 aromatic carbocycles. The van der Waals surface area contributed by atoms with Gasteiger partial charge in [0.1, 0.15) is 34.8 Å². The Hall–Kier alpha value is -3.48. The summed E-state index contributed by atoms with van der Waals surface area (Å²) in [5, 5.41) is 4.12. The van der Waals surface area contributed by atoms with Crippen molar-refractivity contribution >= 4 is 5.97 Å². The zero-order valence-corrected chi connectivity index (χ0v) is 15.4. The van der Waals surface area contributed by atoms with Gasteiger partial charge in [-0.25, -0.2) is 4.79 Å². The molecule has 0 aliphatic heterocycles. The number of benzene rings is 2. The number of carbonyl (C=O) groups excluding carboxylic acids is 1. The number of nitrogens with zero attached hydrogens (tertiary/aromatic N) is 1. The molecule has 1 aromatic heterocycles. The number of esters is 1. The van der Waals surface area contributed by atoms with E-state index in [2.05, 4.69) is 5.16 Å². The third-order valence-electron chi connectivity index (χ3n) is 4.14. The maximum Gasteiger partial charge on any atom is 0.345 e. The van der Waals surface area contributed by atoms with Crippen LogP contribution in [-0.4, -0.2) is 39.6 Å². The van der Waals surface area contributed by atoms with Crippen molar-refractivity contribution in [3.63, 3.8) is 0 Å². The molecule has 0 saturated heterocycles. The number of carbonyl (C=O) groups is 1. The lowest BCUT2D eigenvalue weighted by Crippen LogP contribution is -2.07. The molecule has 0 aliphatic rings. The first-order valence-electron chi connectivity index (χ1n) is 8.06. The molecule has 3 rings (SSSR count). The fraction of sp³-hybridized carbons (Fsp3) is 0.200. The Morgan fingerprint density at radius 3 is 2.04 bits per heavy atom. The van der Waals surface area contributed by atoms with E-state index in [0.717, 1.165) is 16.9 Å². The van der Waals surface area contributed by atoms with Crippen LogP contribution < -0.4 is 14.2 Å². The van der Waals surface area contributed by atoms with Crippen LogP contribution in [0.4, 0.5) is 0 Å². The summed E-state index contributed by atoms with van der Waals surface area (Å²) in [7, 11) is 5.85. The van der Waals surface area contributed by atoms with Crippen molar-refractivity contribution in [3.8, 4) is 39.6 Å². The van der Waals surface area contributed by atoms with Gasteiger partial charge in [0, 0.05) is 11.1 Å². The molecule has 27 heavy (non-hydrogen) atoms. The second-order valence-electron chi connectivity index (χ2n) is 5.55. The molecule has 0 N–H and O–H groups in total. The minimum absolute atomic E-state index is 0.209. The van der Waals surface area contributed by atoms with Crippen molar-refractivity contribution < 1.29 is 28.3 Å². The zero-order chi connectivity index (χ0) is 19.4. The Morgan fingerprint density at radius 2 is 1.52 bits per heavy atom. The van der Waals surface area contributed by atoms with E-state index in [-0.39, 0.29) is 5.56 Å². The highest BCUT2D eigenvalue weighted by Gasteiger charge is 2.23. The van der Waals surface area contributed by atoms with Gasteiger partial charge in [-0.1, -0.05) is 17.3 Å². The van der Waals surface area contributed by atoms with Gasteiger partial charge in [0.05, 0.1) is 28.4 Å². The van der Waals surface area contributed by atoms with Gasteiger partial charge in [0.15, 0.2) is 0 Å². The summed E-state index contributed by atoms with van der Waals surface area (Å²) in [5.41, 5.74) is 3.17. The summed E-state index contributed by atoms with van der Waals surface area (Å²) in [6, 6.07) is 10.9. The van der Waals surface area contributed by atoms with Crippen LogP contribution in [0.25, 0.3) is 22.4 Å². The van der Waals surface area contributed by atoms with Gasteiger partial charge >= 0.3 is 5.97 Å². The average molecular weight is 369 g/mol. The molecular formula is C20H19NO6. The average Bonchev–Trinajstić information content (AvgIpc) is 3.22. The minimum atomic E-state index is -0.550. The summed E-state index contributed by atoms with van der Waals surface area (Å²) in [6.45, 7) is 0. The van der Waals surface area contributed by atoms with E-state index in [1.165, 1.54) is 21.3 Å². The highest BCUT2D eigenvalue weighted by Crippen LogP contribution is 2.38. The quantitative estimate of drug-likeness (QED) is 0.611. The summed E-state index contributed by atoms with van der Waals surface area (Å²) in [6.07, 6.45) is 1.56. The molecule has 0 saturated carbocycles. The van der Waals surface area contributed by atoms with Crippen LogP contribution in [0.1, 0.15) is 10.4 Å². The smallest absolute Gasteiger partial charge is 0.345 e. The predicted molar refractivity (Wildman–Crippen MR) is 98.4 cm³/mol. The van der Waals surface area contributed by atoms with Crippen molar-refractivity contribution in [2.24, 2.45) is 0 Å². The second kappa shape index (κ2) is 7.82. The van der Waals surface area contributed by atoms with E-state index in [1.807, 2.05) is 24.3 Å². The maximum atomic E-state index is 12.1. The van der Waals surface area contributed by atoms with Crippen LogP contribution in [0.15, 0.2) is 47.2 Å². The van der Waals surface area contributed by atoms with E-state index >= 15 is 0 Å². The van der Waals surface area contributed by atoms with E-state index in [4.69, 9.17) is 23.5 Å². The first-order valence-corrected chi connectivity index (χ1v) is 8.06. The van der Waals surface area contributed by atoms with Crippen LogP contribution in [0.2, 0.25) is 0 Å². The van der Waals surface area contributed by atoms with Crippen LogP contribution in [-0.2, 0) is 4.74 Å². The minimum Gasteiger partial charge on any atom is -0.497 e. The van der Waals surface area contributed by atoms with Gasteiger partial charge in [-0.05, 0) is 29.8 Å². The van der Waals surface area contributed by atoms with Gasteiger partial charge in [-0.2, -0.15) is 0 Å². The van der Waals surface area contributed by atoms with Gasteiger partial charge in [-0.3, -0.25) is 0 Å². The molecule has 0 amide bonds. The lowest BCUT2D eigenvalue weighted by atomic mass is 9.99. The fourth-order valence-corrected chi connectivity index (χ4v) is 2.77. The highest BCUT2D eigenvalue weighted by atomic mass is 16.5. The molecule has 0 aliphatic carbocycles. The van der Waals surface area contributed by atoms with E-state index in [0.29, 0.717) is 22.8 Å². The van der Waals surface area contributed by atoms with Gasteiger partial charge in [0.2, 0.25) is 0 Å². The lowest BCUT2D eigenvalue weighted by Gasteiger charge is -2.13. The Morgan fingerprint density at radius 1 is 0.889 bits per heavy atom. The third kappa shape index (κ3) is 3.44. The van der Waals surface area contributed by atoms with Crippen LogP contribution in [0.3, 0.4) is 0 Å². The summed E-state index contributed by atoms with van der Waals surface area (Å²) in [4.78, 5) is 12.1. The topological polar surface area (TPSA) is 80.0 Å². The van der Waals surface area contributed by atoms with E-state index < -0.39 is 5.97 Å². The van der Waals surface area contributed by atoms with E-state index in [9.17, 15) is 4.79 Å². The second-order valence-corrected chi connectivity index (χ2v) is 5.55. The number of aromatic nitrogens is 1. The van der Waals surface area contributed by atoms with Crippen LogP contribution in [0.5, 0.6) is 17.2 Å². The van der Waals surface area contributed by atoms with E-state index in [1.54, 1.807) is 25.5 Å². The summed E-state index contributed by atoms with van der Waals surface area (Å²) < 4.78 is 26.0. The Labute approximate surface area is 156 Å². The van der Waals surface area contributed by atoms with Gasteiger partial charge in [-0.15, -0.1) is 0 Å². The molecule has 0 unspecified atom stereocenters. The molecule has 0 spiro atoms. The number of ether oxygens (including phenoxy) is 4. The Balaban J connectivity index is 2.12. The Bertz CT molecular complexity index is 920. The first-order chi connectivity index (χ1) is 13.1. The molecule has 0 bridgehead atoms. The number of hydrogen-bond acceptors (Lipinski definition) is 7. The monoisotopic (exact) mass is 369 g/mol. The van der Waals surface area contributed by atoms with Crippen LogP contribution in [0, 0.1) is 0 Å². The maximum absolute atomic E-state index is 12.1. The molecule has 1 heterocycles. The summed E-state index contributed by atoms with van der Waals surface area (Å²) >= 11 is 0. The fourth-order valence-electron chi connectivity index (χ4n) is 2.77. The summed E-state index contributed by atoms with van der Waals surface area (Å²) in [5.74, 6) is 0.841. The lowest BCUT2D eigenvalue weighted by molar-refractivity contribution is 0.0593. The zero-order valence-electron chi connectivity index (χ0n) is 15.4. The molecule has 3 aromatic rings. The number of rotatable bonds is 6. The molecule has 7 nitrogen and oxygen atoms in total. The standard InChI is InChI=1S/C20H19NO6/c1-23-14-7-5-12(6-8-14)15-11-27-21-19(15)13-9-16(24-2)18(20(22)26-4)17(10-13)25-3/h5-11H,1-4H3. The number of hydrogen-bond donors (Lipinski definition) is 0. The van der Waals surface area contributed by atoms with Crippen molar-refractivity contribution in [1.82, 2.24) is 5.16 Å². The normalized spacial score (nSPS) is 10.4. The predicted octanol–water partition coefficient (Wildman–Crippen LogP) is 3.82. The molecule has 140 valence electrons. The SMILES string of the molecule is COC(=O)c1c(OC)cc(-c2nocc2-c2ccc(OC)cc2)cc1OC. The first kappa shape index (κ1) is 18.3. The molecule has 0 atom stereocenters. The third-order valence-corrected chi connectivity index (χ3v) is 4.14. The number of methoxy groups -OCH3 is 4. The molecular weight excluding hydrogens is 350 g/mol. The largest absolute Gasteiger partial charge is 0.497 e. The highest BCUT2D eigenvalue weighted by molar-refractivity contribution is 5.97. The molecule has 0 radical (unpaired) electrons. The van der Waals surface area contributed by atoms with Crippen molar-refractivity contribution in [1.29, 1.82) is 0 Å². The molecule has 0 fully saturated rings. The molecule has 7 heteroatoms. The van der Waals surface area contributed by atoms with Gasteiger partial charge < -0.3 is 23.5 Å². The van der Waals surface area contributed by atoms with Crippen LogP contribution >= 0.6 is 0 Å². The van der Waals surface area contributed by atoms with Gasteiger partial charge in [0.25, 0.3) is 0 Å². The van der Waals surface area contributed by atoms with Crippen molar-refractivity contribution in [3.05, 3.63) is 48.2 Å². The van der Waals surface area contributed by atoms with Crippen molar-refractivity contribution in [2.75, 3.05) is 28.4 Å². The van der Waals surface area contributed by atoms with Crippen molar-refractivity contribution in [2.45, 2.75) is 0 Å².